The minimum absolute atomic E-state index is 0.0404. The lowest BCUT2D eigenvalue weighted by Gasteiger charge is -2.20. The molecule has 0 spiro atoms. The number of hydrogen-bond donors (Lipinski definition) is 3. The van der Waals surface area contributed by atoms with Gasteiger partial charge in [-0.05, 0) is 23.1 Å². The molecule has 0 aliphatic rings. The van der Waals surface area contributed by atoms with Crippen molar-refractivity contribution in [3.63, 3.8) is 0 Å². The van der Waals surface area contributed by atoms with Gasteiger partial charge in [-0.3, -0.25) is 9.36 Å². The van der Waals surface area contributed by atoms with E-state index in [1.807, 2.05) is 36.4 Å². The Morgan fingerprint density at radius 2 is 1.62 bits per heavy atom. The monoisotopic (exact) mass is 345 g/mol. The van der Waals surface area contributed by atoms with Crippen LogP contribution in [-0.4, -0.2) is 22.0 Å². The van der Waals surface area contributed by atoms with E-state index in [1.165, 1.54) is 0 Å². The topological polar surface area (TPSA) is 86.6 Å². The maximum Gasteiger partial charge on any atom is 0.321 e. The van der Waals surface area contributed by atoms with E-state index >= 15 is 0 Å². The highest BCUT2D eigenvalue weighted by atomic mass is 31.2. The van der Waals surface area contributed by atoms with Crippen LogP contribution in [0.4, 0.5) is 0 Å². The van der Waals surface area contributed by atoms with Gasteiger partial charge in [-0.2, -0.15) is 0 Å². The van der Waals surface area contributed by atoms with Gasteiger partial charge in [0, 0.05) is 0 Å². The Balaban J connectivity index is 2.06. The maximum absolute atomic E-state index is 12.4. The van der Waals surface area contributed by atoms with Crippen LogP contribution in [0.25, 0.3) is 5.57 Å². The highest BCUT2D eigenvalue weighted by molar-refractivity contribution is 7.55. The molecule has 2 atom stereocenters. The van der Waals surface area contributed by atoms with Crippen molar-refractivity contribution >= 4 is 19.1 Å². The molecule has 6 heteroatoms. The van der Waals surface area contributed by atoms with Crippen LogP contribution in [0.2, 0.25) is 0 Å². The minimum atomic E-state index is -3.84. The maximum atomic E-state index is 12.4. The summed E-state index contributed by atoms with van der Waals surface area (Å²) in [4.78, 5) is 21.6. The first-order valence-corrected chi connectivity index (χ1v) is 9.31. The van der Waals surface area contributed by atoms with E-state index < -0.39 is 19.5 Å². The van der Waals surface area contributed by atoms with Gasteiger partial charge in [0.2, 0.25) is 0 Å². The molecule has 0 aliphatic heterocycles. The number of nitrogens with one attached hydrogen (secondary N) is 1. The van der Waals surface area contributed by atoms with Gasteiger partial charge in [-0.25, -0.2) is 5.09 Å². The van der Waals surface area contributed by atoms with Gasteiger partial charge < -0.3 is 10.00 Å². The highest BCUT2D eigenvalue weighted by Gasteiger charge is 2.28. The summed E-state index contributed by atoms with van der Waals surface area (Å²) in [6.07, 6.45) is -0.0892. The molecular weight excluding hydrogens is 325 g/mol. The fourth-order valence-electron chi connectivity index (χ4n) is 2.35. The van der Waals surface area contributed by atoms with E-state index in [4.69, 9.17) is 0 Å². The van der Waals surface area contributed by atoms with Gasteiger partial charge in [0.15, 0.2) is 0 Å². The summed E-state index contributed by atoms with van der Waals surface area (Å²) in [6.45, 7) is 3.89. The average Bonchev–Trinajstić information content (AvgIpc) is 2.55. The van der Waals surface area contributed by atoms with Gasteiger partial charge in [-0.1, -0.05) is 67.2 Å². The Labute approximate surface area is 141 Å². The average molecular weight is 345 g/mol. The molecule has 0 saturated heterocycles. The minimum Gasteiger partial charge on any atom is -0.480 e. The zero-order chi connectivity index (χ0) is 17.6. The van der Waals surface area contributed by atoms with E-state index in [1.54, 1.807) is 24.3 Å². The van der Waals surface area contributed by atoms with E-state index in [0.717, 1.165) is 5.56 Å². The number of benzene rings is 2. The van der Waals surface area contributed by atoms with Crippen LogP contribution in [0.3, 0.4) is 0 Å². The third-order valence-corrected chi connectivity index (χ3v) is 5.04. The number of rotatable bonds is 8. The molecular formula is C18H20NO4P. The predicted molar refractivity (Wildman–Crippen MR) is 94.6 cm³/mol. The van der Waals surface area contributed by atoms with E-state index in [0.29, 0.717) is 11.1 Å². The van der Waals surface area contributed by atoms with E-state index in [2.05, 4.69) is 11.7 Å². The number of carboxylic acid groups (broad SMARTS) is 1. The number of hydrogen-bond acceptors (Lipinski definition) is 2. The molecule has 0 aliphatic carbocycles. The molecule has 2 aromatic carbocycles. The molecule has 0 saturated carbocycles. The summed E-state index contributed by atoms with van der Waals surface area (Å²) in [6, 6.07) is 16.8. The number of aliphatic carboxylic acids is 1. The Bertz CT molecular complexity index is 746. The van der Waals surface area contributed by atoms with Crippen molar-refractivity contribution in [1.29, 1.82) is 0 Å². The van der Waals surface area contributed by atoms with E-state index in [9.17, 15) is 19.4 Å². The Morgan fingerprint density at radius 1 is 1.08 bits per heavy atom. The lowest BCUT2D eigenvalue weighted by Crippen LogP contribution is -2.35. The van der Waals surface area contributed by atoms with Crippen LogP contribution in [0, 0.1) is 0 Å². The van der Waals surface area contributed by atoms with Gasteiger partial charge in [-0.15, -0.1) is 0 Å². The van der Waals surface area contributed by atoms with Gasteiger partial charge in [0.25, 0.3) is 7.52 Å². The lowest BCUT2D eigenvalue weighted by molar-refractivity contribution is -0.138. The van der Waals surface area contributed by atoms with Gasteiger partial charge in [0.05, 0.1) is 6.16 Å². The number of carbonyl (C=O) groups is 1. The Kier molecular flexibility index (Phi) is 6.10. The van der Waals surface area contributed by atoms with Crippen LogP contribution < -0.4 is 5.09 Å². The van der Waals surface area contributed by atoms with Gasteiger partial charge in [0.1, 0.15) is 6.04 Å². The summed E-state index contributed by atoms with van der Waals surface area (Å²) in [5.41, 5.74) is 2.07. The molecule has 0 radical (unpaired) electrons. The second-order valence-electron chi connectivity index (χ2n) is 5.54. The van der Waals surface area contributed by atoms with Gasteiger partial charge >= 0.3 is 5.97 Å². The van der Waals surface area contributed by atoms with E-state index in [-0.39, 0.29) is 12.6 Å². The van der Waals surface area contributed by atoms with Crippen molar-refractivity contribution in [2.75, 3.05) is 0 Å². The standard InChI is InChI=1S/C18H20NO4P/c1-14(16-10-6-3-7-11-16)12-17(18(20)21)19-24(22,23)13-15-8-4-2-5-9-15/h2-11,17H,1,12-13H2,(H,20,21)(H2,19,22,23). The third kappa shape index (κ3) is 5.46. The second kappa shape index (κ2) is 8.06. The smallest absolute Gasteiger partial charge is 0.321 e. The van der Waals surface area contributed by atoms with Crippen molar-refractivity contribution in [3.8, 4) is 0 Å². The van der Waals surface area contributed by atoms with Crippen molar-refractivity contribution in [1.82, 2.24) is 5.09 Å². The second-order valence-corrected chi connectivity index (χ2v) is 7.52. The Hall–Kier alpha value is -2.20. The summed E-state index contributed by atoms with van der Waals surface area (Å²) >= 11 is 0. The number of carboxylic acids is 1. The van der Waals surface area contributed by atoms with Crippen LogP contribution in [0.5, 0.6) is 0 Å². The summed E-state index contributed by atoms with van der Waals surface area (Å²) in [5, 5.41) is 11.8. The largest absolute Gasteiger partial charge is 0.480 e. The molecule has 0 heterocycles. The van der Waals surface area contributed by atoms with Crippen molar-refractivity contribution in [2.45, 2.75) is 18.6 Å². The first kappa shape index (κ1) is 18.1. The van der Waals surface area contributed by atoms with Crippen LogP contribution in [0.15, 0.2) is 67.2 Å². The lowest BCUT2D eigenvalue weighted by atomic mass is 10.0. The van der Waals surface area contributed by atoms with Crippen LogP contribution >= 0.6 is 7.52 Å². The van der Waals surface area contributed by atoms with Crippen molar-refractivity contribution < 1.29 is 19.4 Å². The first-order valence-electron chi connectivity index (χ1n) is 7.47. The molecule has 3 N–H and O–H groups in total. The molecule has 126 valence electrons. The normalized spacial score (nSPS) is 14.5. The molecule has 5 nitrogen and oxygen atoms in total. The predicted octanol–water partition coefficient (Wildman–Crippen LogP) is 3.52. The molecule has 2 aromatic rings. The first-order chi connectivity index (χ1) is 11.4. The summed E-state index contributed by atoms with van der Waals surface area (Å²) in [7, 11) is -3.84. The van der Waals surface area contributed by atoms with Crippen LogP contribution in [-0.2, 0) is 15.5 Å². The molecule has 2 rings (SSSR count). The van der Waals surface area contributed by atoms with Crippen LogP contribution in [0.1, 0.15) is 17.5 Å². The molecule has 2 unspecified atom stereocenters. The molecule has 0 fully saturated rings. The SMILES string of the molecule is C=C(CC(NP(=O)(O)Cc1ccccc1)C(=O)O)c1ccccc1. The summed E-state index contributed by atoms with van der Waals surface area (Å²) < 4.78 is 12.4. The molecule has 0 amide bonds. The third-order valence-electron chi connectivity index (χ3n) is 3.53. The fourth-order valence-corrected chi connectivity index (χ4v) is 3.83. The fraction of sp³-hybridized carbons (Fsp3) is 0.167. The summed E-state index contributed by atoms with van der Waals surface area (Å²) in [5.74, 6) is -1.19. The highest BCUT2D eigenvalue weighted by Crippen LogP contribution is 2.41. The zero-order valence-corrected chi connectivity index (χ0v) is 14.0. The molecule has 0 aromatic heterocycles. The zero-order valence-electron chi connectivity index (χ0n) is 13.1. The Morgan fingerprint density at radius 3 is 2.17 bits per heavy atom. The quantitative estimate of drug-likeness (QED) is 0.637. The van der Waals surface area contributed by atoms with Crippen molar-refractivity contribution in [2.24, 2.45) is 0 Å². The molecule has 24 heavy (non-hydrogen) atoms. The molecule has 0 bridgehead atoms. The van der Waals surface area contributed by atoms with Crippen molar-refractivity contribution in [3.05, 3.63) is 78.4 Å².